The van der Waals surface area contributed by atoms with Crippen LogP contribution < -0.4 is 0 Å². The number of allylic oxidation sites excluding steroid dienone is 2. The second-order valence-corrected chi connectivity index (χ2v) is 8.72. The number of hydrogen-bond donors (Lipinski definition) is 0. The summed E-state index contributed by atoms with van der Waals surface area (Å²) in [6, 6.07) is 14.4. The van der Waals surface area contributed by atoms with E-state index >= 15 is 0 Å². The van der Waals surface area contributed by atoms with Gasteiger partial charge in [0.15, 0.2) is 0 Å². The third-order valence-electron chi connectivity index (χ3n) is 7.01. The quantitative estimate of drug-likeness (QED) is 0.491. The van der Waals surface area contributed by atoms with Crippen LogP contribution in [-0.4, -0.2) is 0 Å². The van der Waals surface area contributed by atoms with Crippen molar-refractivity contribution >= 4 is 0 Å². The summed E-state index contributed by atoms with van der Waals surface area (Å²) in [4.78, 5) is 0. The molecule has 2 saturated carbocycles. The molecule has 0 spiro atoms. The summed E-state index contributed by atoms with van der Waals surface area (Å²) in [5.74, 6) is 3.25. The highest BCUT2D eigenvalue weighted by Gasteiger charge is 2.35. The van der Waals surface area contributed by atoms with Gasteiger partial charge in [0, 0.05) is 0 Å². The van der Waals surface area contributed by atoms with Crippen LogP contribution in [0.15, 0.2) is 54.6 Å². The van der Waals surface area contributed by atoms with Gasteiger partial charge in [-0.15, -0.1) is 0 Å². The highest BCUT2D eigenvalue weighted by Crippen LogP contribution is 2.47. The highest BCUT2D eigenvalue weighted by atomic mass is 19.1. The molecule has 2 aromatic rings. The van der Waals surface area contributed by atoms with E-state index in [0.717, 1.165) is 28.9 Å². The highest BCUT2D eigenvalue weighted by molar-refractivity contribution is 5.64. The van der Waals surface area contributed by atoms with Gasteiger partial charge in [-0.3, -0.25) is 0 Å². The molecular weight excluding hydrogens is 331 g/mol. The standard InChI is InChI=1S/C26H31F/c1-3-4-19-6-8-24-16-23(14-13-22(24)15-19)20-9-11-21(12-10-20)25-7-5-18(2)26(27)17-25/h3-5,7,9-12,17,19,22-24H,6,8,13-16H2,1-2H3/b4-3+. The van der Waals surface area contributed by atoms with Crippen LogP contribution in [0.5, 0.6) is 0 Å². The fraction of sp³-hybridized carbons (Fsp3) is 0.462. The number of aryl methyl sites for hydroxylation is 1. The molecule has 1 heteroatoms. The van der Waals surface area contributed by atoms with Crippen LogP contribution in [0, 0.1) is 30.5 Å². The minimum Gasteiger partial charge on any atom is -0.207 e. The van der Waals surface area contributed by atoms with Gasteiger partial charge < -0.3 is 0 Å². The van der Waals surface area contributed by atoms with Gasteiger partial charge in [-0.2, -0.15) is 0 Å². The lowest BCUT2D eigenvalue weighted by Gasteiger charge is -2.41. The van der Waals surface area contributed by atoms with Crippen molar-refractivity contribution in [3.8, 4) is 11.1 Å². The van der Waals surface area contributed by atoms with Crippen LogP contribution in [0.4, 0.5) is 4.39 Å². The fourth-order valence-corrected chi connectivity index (χ4v) is 5.40. The van der Waals surface area contributed by atoms with E-state index in [4.69, 9.17) is 0 Å². The molecule has 2 fully saturated rings. The van der Waals surface area contributed by atoms with Gasteiger partial charge in [-0.25, -0.2) is 4.39 Å². The third-order valence-corrected chi connectivity index (χ3v) is 7.01. The Kier molecular flexibility index (Phi) is 5.48. The summed E-state index contributed by atoms with van der Waals surface area (Å²) in [7, 11) is 0. The van der Waals surface area contributed by atoms with Gasteiger partial charge in [-0.1, -0.05) is 48.6 Å². The average Bonchev–Trinajstić information content (AvgIpc) is 2.70. The summed E-state index contributed by atoms with van der Waals surface area (Å²) < 4.78 is 13.9. The monoisotopic (exact) mass is 362 g/mol. The zero-order chi connectivity index (χ0) is 18.8. The summed E-state index contributed by atoms with van der Waals surface area (Å²) in [6.45, 7) is 3.96. The van der Waals surface area contributed by atoms with Gasteiger partial charge in [0.2, 0.25) is 0 Å². The van der Waals surface area contributed by atoms with E-state index in [1.807, 2.05) is 19.1 Å². The number of hydrogen-bond acceptors (Lipinski definition) is 0. The maximum atomic E-state index is 13.9. The van der Waals surface area contributed by atoms with Crippen LogP contribution in [0.3, 0.4) is 0 Å². The molecule has 0 amide bonds. The molecular formula is C26H31F. The normalized spacial score (nSPS) is 28.3. The summed E-state index contributed by atoms with van der Waals surface area (Å²) in [5, 5.41) is 0. The second-order valence-electron chi connectivity index (χ2n) is 8.72. The first-order chi connectivity index (χ1) is 13.1. The van der Waals surface area contributed by atoms with E-state index in [1.54, 1.807) is 6.07 Å². The van der Waals surface area contributed by atoms with Crippen LogP contribution in [0.2, 0.25) is 0 Å². The van der Waals surface area contributed by atoms with Gasteiger partial charge in [0.05, 0.1) is 0 Å². The Hall–Kier alpha value is -1.89. The molecule has 4 unspecified atom stereocenters. The summed E-state index contributed by atoms with van der Waals surface area (Å²) >= 11 is 0. The second kappa shape index (κ2) is 8.00. The van der Waals surface area contributed by atoms with E-state index in [9.17, 15) is 4.39 Å². The van der Waals surface area contributed by atoms with Crippen molar-refractivity contribution < 1.29 is 4.39 Å². The molecule has 0 radical (unpaired) electrons. The van der Waals surface area contributed by atoms with Crippen LogP contribution >= 0.6 is 0 Å². The van der Waals surface area contributed by atoms with E-state index in [-0.39, 0.29) is 5.82 Å². The summed E-state index contributed by atoms with van der Waals surface area (Å²) in [6.07, 6.45) is 12.9. The van der Waals surface area contributed by atoms with Gasteiger partial charge >= 0.3 is 0 Å². The molecule has 0 aromatic heterocycles. The van der Waals surface area contributed by atoms with Crippen LogP contribution in [-0.2, 0) is 0 Å². The molecule has 2 aliphatic rings. The van der Waals surface area contributed by atoms with Gasteiger partial charge in [-0.05, 0) is 104 Å². The van der Waals surface area contributed by atoms with Crippen LogP contribution in [0.25, 0.3) is 11.1 Å². The van der Waals surface area contributed by atoms with Crippen molar-refractivity contribution in [2.24, 2.45) is 17.8 Å². The van der Waals surface area contributed by atoms with E-state index < -0.39 is 0 Å². The number of benzene rings is 2. The zero-order valence-electron chi connectivity index (χ0n) is 16.6. The maximum Gasteiger partial charge on any atom is 0.126 e. The number of rotatable bonds is 3. The third kappa shape index (κ3) is 4.03. The van der Waals surface area contributed by atoms with Crippen LogP contribution in [0.1, 0.15) is 62.5 Å². The molecule has 0 nitrogen and oxygen atoms in total. The molecule has 2 aromatic carbocycles. The molecule has 0 N–H and O–H groups in total. The Morgan fingerprint density at radius 3 is 2.30 bits per heavy atom. The average molecular weight is 363 g/mol. The zero-order valence-corrected chi connectivity index (χ0v) is 16.6. The largest absolute Gasteiger partial charge is 0.207 e. The van der Waals surface area contributed by atoms with Crippen molar-refractivity contribution in [1.29, 1.82) is 0 Å². The molecule has 142 valence electrons. The molecule has 4 rings (SSSR count). The number of halogens is 1. The number of fused-ring (bicyclic) bond motifs is 1. The first kappa shape index (κ1) is 18.5. The topological polar surface area (TPSA) is 0 Å². The smallest absolute Gasteiger partial charge is 0.126 e. The molecule has 4 atom stereocenters. The maximum absolute atomic E-state index is 13.9. The first-order valence-corrected chi connectivity index (χ1v) is 10.6. The molecule has 0 aliphatic heterocycles. The molecule has 2 aliphatic carbocycles. The first-order valence-electron chi connectivity index (χ1n) is 10.6. The molecule has 27 heavy (non-hydrogen) atoms. The predicted molar refractivity (Wildman–Crippen MR) is 112 cm³/mol. The lowest BCUT2D eigenvalue weighted by atomic mass is 9.64. The van der Waals surface area contributed by atoms with Crippen molar-refractivity contribution in [3.05, 3.63) is 71.6 Å². The molecule has 0 saturated heterocycles. The van der Waals surface area contributed by atoms with Gasteiger partial charge in [0.25, 0.3) is 0 Å². The Bertz CT molecular complexity index is 801. The van der Waals surface area contributed by atoms with E-state index in [2.05, 4.69) is 43.3 Å². The fourth-order valence-electron chi connectivity index (χ4n) is 5.40. The van der Waals surface area contributed by atoms with Crippen molar-refractivity contribution in [1.82, 2.24) is 0 Å². The van der Waals surface area contributed by atoms with E-state index in [0.29, 0.717) is 11.5 Å². The predicted octanol–water partition coefficient (Wildman–Crippen LogP) is 7.68. The Labute approximate surface area is 163 Å². The van der Waals surface area contributed by atoms with Crippen molar-refractivity contribution in [2.45, 2.75) is 58.3 Å². The Balaban J connectivity index is 1.43. The lowest BCUT2D eigenvalue weighted by molar-refractivity contribution is 0.133. The van der Waals surface area contributed by atoms with Crippen molar-refractivity contribution in [2.75, 3.05) is 0 Å². The summed E-state index contributed by atoms with van der Waals surface area (Å²) in [5.41, 5.74) is 4.26. The van der Waals surface area contributed by atoms with Gasteiger partial charge in [0.1, 0.15) is 5.82 Å². The SMILES string of the molecule is C/C=C/C1CCC2CC(c3ccc(-c4ccc(C)c(F)c4)cc3)CCC2C1. The minimum absolute atomic E-state index is 0.122. The molecule has 0 heterocycles. The minimum atomic E-state index is -0.122. The van der Waals surface area contributed by atoms with E-state index in [1.165, 1.54) is 44.1 Å². The Morgan fingerprint density at radius 1 is 0.852 bits per heavy atom. The molecule has 0 bridgehead atoms. The van der Waals surface area contributed by atoms with Crippen molar-refractivity contribution in [3.63, 3.8) is 0 Å². The Morgan fingerprint density at radius 2 is 1.56 bits per heavy atom. The lowest BCUT2D eigenvalue weighted by Crippen LogP contribution is -2.30.